The molecule has 3 saturated heterocycles. The third-order valence-electron chi connectivity index (χ3n) is 5.18. The van der Waals surface area contributed by atoms with Crippen LogP contribution in [0.2, 0.25) is 0 Å². The van der Waals surface area contributed by atoms with Crippen molar-refractivity contribution in [1.29, 1.82) is 0 Å². The molecule has 8 heteroatoms. The zero-order chi connectivity index (χ0) is 19.6. The molecule has 2 amide bonds. The van der Waals surface area contributed by atoms with E-state index in [1.165, 1.54) is 0 Å². The van der Waals surface area contributed by atoms with E-state index in [2.05, 4.69) is 10.2 Å². The van der Waals surface area contributed by atoms with Crippen LogP contribution in [0.25, 0.3) is 0 Å². The number of carbonyl (C=O) groups excluding carboxylic acids is 1. The van der Waals surface area contributed by atoms with Crippen LogP contribution in [0.4, 0.5) is 4.79 Å². The molecule has 0 saturated carbocycles. The molecule has 3 aliphatic heterocycles. The lowest BCUT2D eigenvalue weighted by molar-refractivity contribution is -0.122. The Balaban J connectivity index is 0.000000817. The number of para-hydroxylation sites is 1. The maximum atomic E-state index is 12.7. The first-order chi connectivity index (χ1) is 13.1. The normalized spacial score (nSPS) is 23.0. The number of hydrogen-bond donors (Lipinski definition) is 3. The van der Waals surface area contributed by atoms with E-state index in [4.69, 9.17) is 14.6 Å². The summed E-state index contributed by atoms with van der Waals surface area (Å²) in [5.74, 6) is 1.34. The van der Waals surface area contributed by atoms with Crippen LogP contribution in [0.1, 0.15) is 18.4 Å². The zero-order valence-electron chi connectivity index (χ0n) is 15.7. The van der Waals surface area contributed by atoms with Crippen molar-refractivity contribution in [1.82, 2.24) is 15.1 Å². The fraction of sp³-hybridized carbons (Fsp3) is 0.579. The van der Waals surface area contributed by atoms with Crippen LogP contribution in [0.5, 0.6) is 5.75 Å². The smallest absolute Gasteiger partial charge is 0.318 e. The fourth-order valence-electron chi connectivity index (χ4n) is 3.79. The van der Waals surface area contributed by atoms with Gasteiger partial charge in [0, 0.05) is 24.7 Å². The second-order valence-electron chi connectivity index (χ2n) is 6.76. The van der Waals surface area contributed by atoms with Crippen LogP contribution in [0, 0.1) is 5.92 Å². The average molecular weight is 379 g/mol. The van der Waals surface area contributed by atoms with E-state index in [1.54, 1.807) is 12.0 Å². The standard InChI is InChI=1S/C18H27N3O3.CH2O2/c1-24-17-5-3-2-4-15(17)12-21(10-11-22)18(23)19-16-13-20-8-6-14(16)7-9-20;2-1-3/h2-5,14,16,22H,6-13H2,1H3,(H,19,23);1H,(H,2,3). The van der Waals surface area contributed by atoms with Gasteiger partial charge < -0.3 is 30.1 Å². The Kier molecular flexibility index (Phi) is 8.35. The Labute approximate surface area is 159 Å². The fourth-order valence-corrected chi connectivity index (χ4v) is 3.79. The average Bonchev–Trinajstić information content (AvgIpc) is 2.69. The number of fused-ring (bicyclic) bond motifs is 3. The number of nitrogens with zero attached hydrogens (tertiary/aromatic N) is 2. The first-order valence-corrected chi connectivity index (χ1v) is 9.21. The number of benzene rings is 1. The molecule has 1 unspecified atom stereocenters. The minimum absolute atomic E-state index is 0.0528. The summed E-state index contributed by atoms with van der Waals surface area (Å²) in [6.07, 6.45) is 2.33. The van der Waals surface area contributed by atoms with Crippen molar-refractivity contribution < 1.29 is 24.5 Å². The molecule has 0 spiro atoms. The van der Waals surface area contributed by atoms with Crippen LogP contribution in [-0.2, 0) is 11.3 Å². The summed E-state index contributed by atoms with van der Waals surface area (Å²) in [6, 6.07) is 7.79. The predicted octanol–water partition coefficient (Wildman–Crippen LogP) is 0.994. The molecule has 2 bridgehead atoms. The summed E-state index contributed by atoms with van der Waals surface area (Å²) in [5.41, 5.74) is 0.942. The molecular weight excluding hydrogens is 350 g/mol. The van der Waals surface area contributed by atoms with Crippen LogP contribution in [-0.4, -0.2) is 78.5 Å². The molecule has 3 N–H and O–H groups in total. The molecule has 4 rings (SSSR count). The van der Waals surface area contributed by atoms with Crippen molar-refractivity contribution >= 4 is 12.5 Å². The SMILES string of the molecule is COc1ccccc1CN(CCO)C(=O)NC1CN2CCC1CC2.O=CO. The van der Waals surface area contributed by atoms with Gasteiger partial charge in [-0.1, -0.05) is 18.2 Å². The number of amides is 2. The molecule has 0 radical (unpaired) electrons. The monoisotopic (exact) mass is 379 g/mol. The molecule has 150 valence electrons. The van der Waals surface area contributed by atoms with Crippen molar-refractivity contribution in [2.45, 2.75) is 25.4 Å². The predicted molar refractivity (Wildman–Crippen MR) is 101 cm³/mol. The van der Waals surface area contributed by atoms with Crippen molar-refractivity contribution in [2.24, 2.45) is 5.92 Å². The van der Waals surface area contributed by atoms with E-state index in [0.29, 0.717) is 19.0 Å². The second kappa shape index (κ2) is 10.7. The number of aliphatic hydroxyl groups is 1. The number of aliphatic hydroxyl groups excluding tert-OH is 1. The lowest BCUT2D eigenvalue weighted by Crippen LogP contribution is -2.59. The molecule has 3 aliphatic rings. The van der Waals surface area contributed by atoms with E-state index in [-0.39, 0.29) is 25.2 Å². The Hall–Kier alpha value is -2.32. The van der Waals surface area contributed by atoms with Crippen molar-refractivity contribution in [3.63, 3.8) is 0 Å². The minimum Gasteiger partial charge on any atom is -0.496 e. The number of rotatable bonds is 6. The van der Waals surface area contributed by atoms with Crippen molar-refractivity contribution in [3.05, 3.63) is 29.8 Å². The van der Waals surface area contributed by atoms with Gasteiger partial charge >= 0.3 is 6.03 Å². The topological polar surface area (TPSA) is 102 Å². The molecule has 8 nitrogen and oxygen atoms in total. The summed E-state index contributed by atoms with van der Waals surface area (Å²) in [7, 11) is 1.63. The maximum absolute atomic E-state index is 12.7. The molecule has 27 heavy (non-hydrogen) atoms. The number of ether oxygens (including phenoxy) is 1. The lowest BCUT2D eigenvalue weighted by Gasteiger charge is -2.45. The third-order valence-corrected chi connectivity index (χ3v) is 5.18. The van der Waals surface area contributed by atoms with Gasteiger partial charge in [-0.25, -0.2) is 4.79 Å². The number of hydrogen-bond acceptors (Lipinski definition) is 5. The summed E-state index contributed by atoms with van der Waals surface area (Å²) in [4.78, 5) is 25.2. The molecular formula is C19H29N3O5. The molecule has 3 heterocycles. The highest BCUT2D eigenvalue weighted by molar-refractivity contribution is 5.74. The molecule has 1 atom stereocenters. The molecule has 3 fully saturated rings. The zero-order valence-corrected chi connectivity index (χ0v) is 15.7. The van der Waals surface area contributed by atoms with Crippen LogP contribution < -0.4 is 10.1 Å². The van der Waals surface area contributed by atoms with E-state index >= 15 is 0 Å². The maximum Gasteiger partial charge on any atom is 0.318 e. The molecule has 0 aliphatic carbocycles. The Morgan fingerprint density at radius 3 is 2.59 bits per heavy atom. The first kappa shape index (κ1) is 21.0. The number of nitrogens with one attached hydrogen (secondary N) is 1. The summed E-state index contributed by atoms with van der Waals surface area (Å²) in [5, 5.41) is 19.4. The lowest BCUT2D eigenvalue weighted by atomic mass is 9.84. The highest BCUT2D eigenvalue weighted by Gasteiger charge is 2.35. The summed E-state index contributed by atoms with van der Waals surface area (Å²) >= 11 is 0. The summed E-state index contributed by atoms with van der Waals surface area (Å²) < 4.78 is 5.37. The Morgan fingerprint density at radius 1 is 1.37 bits per heavy atom. The van der Waals surface area contributed by atoms with Gasteiger partial charge in [0.1, 0.15) is 5.75 Å². The van der Waals surface area contributed by atoms with Crippen LogP contribution in [0.15, 0.2) is 24.3 Å². The Bertz CT molecular complexity index is 605. The first-order valence-electron chi connectivity index (χ1n) is 9.21. The minimum atomic E-state index is -0.250. The van der Waals surface area contributed by atoms with E-state index in [9.17, 15) is 9.90 Å². The quantitative estimate of drug-likeness (QED) is 0.637. The third kappa shape index (κ3) is 5.83. The van der Waals surface area contributed by atoms with Crippen LogP contribution in [0.3, 0.4) is 0 Å². The van der Waals surface area contributed by atoms with Gasteiger partial charge in [0.25, 0.3) is 6.47 Å². The van der Waals surface area contributed by atoms with E-state index < -0.39 is 0 Å². The second-order valence-corrected chi connectivity index (χ2v) is 6.76. The van der Waals surface area contributed by atoms with Gasteiger partial charge in [-0.3, -0.25) is 4.79 Å². The summed E-state index contributed by atoms with van der Waals surface area (Å²) in [6.45, 7) is 3.68. The highest BCUT2D eigenvalue weighted by Crippen LogP contribution is 2.27. The largest absolute Gasteiger partial charge is 0.496 e. The van der Waals surface area contributed by atoms with E-state index in [0.717, 1.165) is 43.8 Å². The molecule has 1 aromatic rings. The van der Waals surface area contributed by atoms with Gasteiger partial charge in [0.15, 0.2) is 0 Å². The van der Waals surface area contributed by atoms with Gasteiger partial charge in [-0.2, -0.15) is 0 Å². The van der Waals surface area contributed by atoms with Gasteiger partial charge in [0.05, 0.1) is 20.3 Å². The Morgan fingerprint density at radius 2 is 2.04 bits per heavy atom. The highest BCUT2D eigenvalue weighted by atomic mass is 16.5. The van der Waals surface area contributed by atoms with Crippen molar-refractivity contribution in [3.8, 4) is 5.75 Å². The number of piperidine rings is 3. The van der Waals surface area contributed by atoms with Crippen molar-refractivity contribution in [2.75, 3.05) is 39.9 Å². The number of carboxylic acid groups (broad SMARTS) is 1. The van der Waals surface area contributed by atoms with Crippen LogP contribution >= 0.6 is 0 Å². The van der Waals surface area contributed by atoms with Gasteiger partial charge in [0.2, 0.25) is 0 Å². The van der Waals surface area contributed by atoms with Gasteiger partial charge in [-0.05, 0) is 37.9 Å². The molecule has 0 aromatic heterocycles. The number of urea groups is 1. The molecule has 1 aromatic carbocycles. The number of carbonyl (C=O) groups is 2. The number of methoxy groups -OCH3 is 1. The van der Waals surface area contributed by atoms with Gasteiger partial charge in [-0.15, -0.1) is 0 Å². The van der Waals surface area contributed by atoms with E-state index in [1.807, 2.05) is 24.3 Å².